The van der Waals surface area contributed by atoms with Crippen LogP contribution in [0.5, 0.6) is 0 Å². The summed E-state index contributed by atoms with van der Waals surface area (Å²) in [6, 6.07) is 37.0. The Labute approximate surface area is 174 Å². The van der Waals surface area contributed by atoms with Crippen molar-refractivity contribution in [2.45, 2.75) is 0 Å². The SMILES string of the molecule is c1ccc(-c2oc3ccccc3c2-c2oc(-c3ccccc3)c3ccccc23)cc1. The monoisotopic (exact) mass is 386 g/mol. The largest absolute Gasteiger partial charge is 0.455 e. The van der Waals surface area contributed by atoms with Gasteiger partial charge >= 0.3 is 0 Å². The molecule has 0 aliphatic carbocycles. The molecular weight excluding hydrogens is 368 g/mol. The molecule has 0 unspecified atom stereocenters. The van der Waals surface area contributed by atoms with E-state index in [1.165, 1.54) is 0 Å². The molecule has 0 aliphatic heterocycles. The molecule has 30 heavy (non-hydrogen) atoms. The van der Waals surface area contributed by atoms with Crippen molar-refractivity contribution in [2.75, 3.05) is 0 Å². The molecule has 0 N–H and O–H groups in total. The van der Waals surface area contributed by atoms with Crippen LogP contribution < -0.4 is 0 Å². The van der Waals surface area contributed by atoms with E-state index in [0.29, 0.717) is 0 Å². The average Bonchev–Trinajstić information content (AvgIpc) is 3.39. The van der Waals surface area contributed by atoms with E-state index in [9.17, 15) is 0 Å². The van der Waals surface area contributed by atoms with E-state index in [0.717, 1.165) is 55.7 Å². The van der Waals surface area contributed by atoms with Crippen LogP contribution in [0, 0.1) is 0 Å². The lowest BCUT2D eigenvalue weighted by molar-refractivity contribution is 0.597. The minimum absolute atomic E-state index is 0.830. The van der Waals surface area contributed by atoms with Gasteiger partial charge in [-0.05, 0) is 6.07 Å². The number of para-hydroxylation sites is 1. The second kappa shape index (κ2) is 6.78. The smallest absolute Gasteiger partial charge is 0.147 e. The fraction of sp³-hybridized carbons (Fsp3) is 0. The van der Waals surface area contributed by atoms with Crippen molar-refractivity contribution < 1.29 is 8.83 Å². The molecular formula is C28H18O2. The molecule has 6 rings (SSSR count). The van der Waals surface area contributed by atoms with Crippen LogP contribution in [0.15, 0.2) is 118 Å². The molecule has 0 aliphatic rings. The molecule has 0 fully saturated rings. The van der Waals surface area contributed by atoms with Crippen molar-refractivity contribution in [3.8, 4) is 34.0 Å². The second-order valence-electron chi connectivity index (χ2n) is 7.34. The molecule has 2 nitrogen and oxygen atoms in total. The molecule has 142 valence electrons. The van der Waals surface area contributed by atoms with Crippen molar-refractivity contribution in [1.29, 1.82) is 0 Å². The van der Waals surface area contributed by atoms with Gasteiger partial charge in [0, 0.05) is 27.3 Å². The fourth-order valence-corrected chi connectivity index (χ4v) is 4.14. The van der Waals surface area contributed by atoms with Crippen LogP contribution >= 0.6 is 0 Å². The number of furan rings is 2. The third kappa shape index (κ3) is 2.58. The molecule has 0 bridgehead atoms. The zero-order chi connectivity index (χ0) is 19.9. The predicted octanol–water partition coefficient (Wildman–Crippen LogP) is 8.18. The molecule has 0 radical (unpaired) electrons. The Morgan fingerprint density at radius 1 is 0.367 bits per heavy atom. The summed E-state index contributed by atoms with van der Waals surface area (Å²) < 4.78 is 12.9. The predicted molar refractivity (Wildman–Crippen MR) is 122 cm³/mol. The van der Waals surface area contributed by atoms with E-state index in [2.05, 4.69) is 54.6 Å². The summed E-state index contributed by atoms with van der Waals surface area (Å²) in [6.45, 7) is 0. The van der Waals surface area contributed by atoms with Crippen molar-refractivity contribution in [3.63, 3.8) is 0 Å². The topological polar surface area (TPSA) is 26.3 Å². The van der Waals surface area contributed by atoms with E-state index in [1.54, 1.807) is 0 Å². The highest BCUT2D eigenvalue weighted by atomic mass is 16.4. The maximum atomic E-state index is 6.61. The van der Waals surface area contributed by atoms with E-state index in [4.69, 9.17) is 8.83 Å². The first-order valence-corrected chi connectivity index (χ1v) is 10.0. The van der Waals surface area contributed by atoms with Gasteiger partial charge in [0.2, 0.25) is 0 Å². The van der Waals surface area contributed by atoms with Crippen LogP contribution in [-0.4, -0.2) is 0 Å². The van der Waals surface area contributed by atoms with Gasteiger partial charge in [-0.25, -0.2) is 0 Å². The molecule has 2 heterocycles. The van der Waals surface area contributed by atoms with Gasteiger partial charge in [-0.3, -0.25) is 0 Å². The lowest BCUT2D eigenvalue weighted by Crippen LogP contribution is -1.79. The molecule has 0 atom stereocenters. The minimum atomic E-state index is 0.830. The highest BCUT2D eigenvalue weighted by Crippen LogP contribution is 2.46. The molecule has 2 heteroatoms. The van der Waals surface area contributed by atoms with E-state index in [-0.39, 0.29) is 0 Å². The fourth-order valence-electron chi connectivity index (χ4n) is 4.14. The van der Waals surface area contributed by atoms with Gasteiger partial charge in [-0.2, -0.15) is 0 Å². The number of fused-ring (bicyclic) bond motifs is 2. The van der Waals surface area contributed by atoms with Crippen molar-refractivity contribution in [3.05, 3.63) is 109 Å². The summed E-state index contributed by atoms with van der Waals surface area (Å²) in [5.74, 6) is 2.55. The van der Waals surface area contributed by atoms with Gasteiger partial charge in [0.1, 0.15) is 22.9 Å². The van der Waals surface area contributed by atoms with Gasteiger partial charge in [0.05, 0.1) is 5.56 Å². The van der Waals surface area contributed by atoms with Crippen LogP contribution in [0.1, 0.15) is 0 Å². The Balaban J connectivity index is 1.72. The summed E-state index contributed by atoms with van der Waals surface area (Å²) in [5, 5.41) is 3.23. The molecule has 0 saturated heterocycles. The highest BCUT2D eigenvalue weighted by molar-refractivity contribution is 6.10. The standard InChI is InChI=1S/C28H18O2/c1-3-11-19(12-4-1)26-21-15-7-8-16-22(21)28(30-26)25-23-17-9-10-18-24(23)29-27(25)20-13-5-2-6-14-20/h1-18H. The lowest BCUT2D eigenvalue weighted by atomic mass is 10.00. The van der Waals surface area contributed by atoms with E-state index in [1.807, 2.05) is 54.6 Å². The number of hydrogen-bond acceptors (Lipinski definition) is 2. The Hall–Kier alpha value is -4.04. The van der Waals surface area contributed by atoms with Gasteiger partial charge in [0.15, 0.2) is 0 Å². The third-order valence-electron chi connectivity index (χ3n) is 5.51. The first-order valence-electron chi connectivity index (χ1n) is 10.0. The van der Waals surface area contributed by atoms with E-state index < -0.39 is 0 Å². The molecule has 0 spiro atoms. The van der Waals surface area contributed by atoms with Crippen molar-refractivity contribution in [2.24, 2.45) is 0 Å². The number of rotatable bonds is 3. The zero-order valence-electron chi connectivity index (χ0n) is 16.2. The van der Waals surface area contributed by atoms with Crippen LogP contribution in [0.25, 0.3) is 55.7 Å². The van der Waals surface area contributed by atoms with E-state index >= 15 is 0 Å². The summed E-state index contributed by atoms with van der Waals surface area (Å²) in [4.78, 5) is 0. The minimum Gasteiger partial charge on any atom is -0.455 e. The highest BCUT2D eigenvalue weighted by Gasteiger charge is 2.24. The van der Waals surface area contributed by atoms with Crippen LogP contribution in [0.2, 0.25) is 0 Å². The average molecular weight is 386 g/mol. The molecule has 0 saturated carbocycles. The maximum absolute atomic E-state index is 6.61. The Morgan fingerprint density at radius 2 is 0.867 bits per heavy atom. The Kier molecular flexibility index (Phi) is 3.82. The Morgan fingerprint density at radius 3 is 1.53 bits per heavy atom. The van der Waals surface area contributed by atoms with Gasteiger partial charge in [-0.1, -0.05) is 103 Å². The molecule has 6 aromatic rings. The lowest BCUT2D eigenvalue weighted by Gasteiger charge is -2.02. The van der Waals surface area contributed by atoms with Crippen LogP contribution in [0.4, 0.5) is 0 Å². The molecule has 0 amide bonds. The summed E-state index contributed by atoms with van der Waals surface area (Å²) >= 11 is 0. The quantitative estimate of drug-likeness (QED) is 0.306. The van der Waals surface area contributed by atoms with Gasteiger partial charge in [0.25, 0.3) is 0 Å². The second-order valence-corrected chi connectivity index (χ2v) is 7.34. The number of hydrogen-bond donors (Lipinski definition) is 0. The molecule has 4 aromatic carbocycles. The first kappa shape index (κ1) is 16.9. The van der Waals surface area contributed by atoms with Crippen molar-refractivity contribution in [1.82, 2.24) is 0 Å². The third-order valence-corrected chi connectivity index (χ3v) is 5.51. The molecule has 2 aromatic heterocycles. The van der Waals surface area contributed by atoms with Gasteiger partial charge < -0.3 is 8.83 Å². The Bertz CT molecular complexity index is 1470. The van der Waals surface area contributed by atoms with Crippen LogP contribution in [0.3, 0.4) is 0 Å². The normalized spacial score (nSPS) is 11.3. The first-order chi connectivity index (χ1) is 14.9. The summed E-state index contributed by atoms with van der Waals surface area (Å²) in [5.41, 5.74) is 3.95. The van der Waals surface area contributed by atoms with Crippen LogP contribution in [-0.2, 0) is 0 Å². The summed E-state index contributed by atoms with van der Waals surface area (Å²) in [6.07, 6.45) is 0. The zero-order valence-corrected chi connectivity index (χ0v) is 16.2. The van der Waals surface area contributed by atoms with Crippen molar-refractivity contribution >= 4 is 21.7 Å². The van der Waals surface area contributed by atoms with Gasteiger partial charge in [-0.15, -0.1) is 0 Å². The maximum Gasteiger partial charge on any atom is 0.147 e. The number of benzene rings is 4. The summed E-state index contributed by atoms with van der Waals surface area (Å²) in [7, 11) is 0.